The lowest BCUT2D eigenvalue weighted by Crippen LogP contribution is -2.38. The average Bonchev–Trinajstić information content (AvgIpc) is 2.74. The standard InChI is InChI=1S/C22H26N2O6/c1-4-13-28-20-7-5-6-8-21(20)29-15-19(14-23-16(2)3)30-22(25)17-9-11-18(12-10-17)24(26)27/h4-12,16,19,23H,1,13-15H2,2-3H3. The molecule has 1 N–H and O–H groups in total. The van der Waals surface area contributed by atoms with Gasteiger partial charge in [-0.05, 0) is 24.3 Å². The smallest absolute Gasteiger partial charge is 0.338 e. The van der Waals surface area contributed by atoms with Crippen LogP contribution in [0.15, 0.2) is 61.2 Å². The van der Waals surface area contributed by atoms with Gasteiger partial charge in [0.1, 0.15) is 19.3 Å². The van der Waals surface area contributed by atoms with Crippen LogP contribution in [-0.4, -0.2) is 42.8 Å². The van der Waals surface area contributed by atoms with Crippen molar-refractivity contribution in [1.82, 2.24) is 5.32 Å². The van der Waals surface area contributed by atoms with Gasteiger partial charge in [-0.25, -0.2) is 4.79 Å². The quantitative estimate of drug-likeness (QED) is 0.244. The maximum absolute atomic E-state index is 12.5. The molecule has 0 radical (unpaired) electrons. The van der Waals surface area contributed by atoms with Crippen molar-refractivity contribution in [2.75, 3.05) is 19.8 Å². The van der Waals surface area contributed by atoms with Gasteiger partial charge in [-0.2, -0.15) is 0 Å². The normalized spacial score (nSPS) is 11.6. The van der Waals surface area contributed by atoms with Crippen LogP contribution >= 0.6 is 0 Å². The second kappa shape index (κ2) is 11.6. The number of rotatable bonds is 12. The molecule has 0 spiro atoms. The minimum absolute atomic E-state index is 0.0935. The molecule has 0 aliphatic carbocycles. The number of nitrogens with zero attached hydrogens (tertiary/aromatic N) is 1. The number of para-hydroxylation sites is 2. The van der Waals surface area contributed by atoms with Crippen LogP contribution in [0.25, 0.3) is 0 Å². The zero-order chi connectivity index (χ0) is 21.9. The molecule has 0 aliphatic rings. The summed E-state index contributed by atoms with van der Waals surface area (Å²) in [7, 11) is 0. The van der Waals surface area contributed by atoms with Crippen LogP contribution in [0.4, 0.5) is 5.69 Å². The lowest BCUT2D eigenvalue weighted by atomic mass is 10.2. The number of nitrogens with one attached hydrogen (secondary N) is 1. The molecule has 8 nitrogen and oxygen atoms in total. The summed E-state index contributed by atoms with van der Waals surface area (Å²) in [4.78, 5) is 22.7. The number of ether oxygens (including phenoxy) is 3. The van der Waals surface area contributed by atoms with E-state index >= 15 is 0 Å². The third-order valence-electron chi connectivity index (χ3n) is 3.97. The van der Waals surface area contributed by atoms with Crippen LogP contribution < -0.4 is 14.8 Å². The fourth-order valence-corrected chi connectivity index (χ4v) is 2.46. The second-order valence-corrected chi connectivity index (χ2v) is 6.75. The number of esters is 1. The fourth-order valence-electron chi connectivity index (χ4n) is 2.46. The molecule has 0 heterocycles. The van der Waals surface area contributed by atoms with E-state index in [4.69, 9.17) is 14.2 Å². The highest BCUT2D eigenvalue weighted by molar-refractivity contribution is 5.89. The maximum Gasteiger partial charge on any atom is 0.338 e. The molecule has 0 amide bonds. The minimum atomic E-state index is -0.583. The van der Waals surface area contributed by atoms with Gasteiger partial charge in [0.25, 0.3) is 5.69 Å². The number of nitro groups is 1. The molecule has 160 valence electrons. The molecule has 0 fully saturated rings. The van der Waals surface area contributed by atoms with Crippen LogP contribution in [0.3, 0.4) is 0 Å². The Morgan fingerprint density at radius 1 is 1.13 bits per heavy atom. The first-order valence-corrected chi connectivity index (χ1v) is 9.55. The third-order valence-corrected chi connectivity index (χ3v) is 3.97. The van der Waals surface area contributed by atoms with Crippen molar-refractivity contribution >= 4 is 11.7 Å². The molecule has 0 bridgehead atoms. The Bertz CT molecular complexity index is 851. The fraction of sp³-hybridized carbons (Fsp3) is 0.318. The summed E-state index contributed by atoms with van der Waals surface area (Å²) in [5, 5.41) is 14.0. The Morgan fingerprint density at radius 2 is 1.77 bits per heavy atom. The zero-order valence-electron chi connectivity index (χ0n) is 17.1. The van der Waals surface area contributed by atoms with E-state index in [1.165, 1.54) is 24.3 Å². The molecule has 2 rings (SSSR count). The van der Waals surface area contributed by atoms with Crippen LogP contribution in [0.1, 0.15) is 24.2 Å². The first kappa shape index (κ1) is 22.9. The van der Waals surface area contributed by atoms with Crippen molar-refractivity contribution in [3.63, 3.8) is 0 Å². The molecule has 1 atom stereocenters. The summed E-state index contributed by atoms with van der Waals surface area (Å²) < 4.78 is 17.0. The van der Waals surface area contributed by atoms with Gasteiger partial charge in [0.15, 0.2) is 11.5 Å². The van der Waals surface area contributed by atoms with E-state index in [1.54, 1.807) is 18.2 Å². The topological polar surface area (TPSA) is 99.9 Å². The molecule has 0 saturated carbocycles. The Hall–Kier alpha value is -3.39. The van der Waals surface area contributed by atoms with Gasteiger partial charge >= 0.3 is 5.97 Å². The van der Waals surface area contributed by atoms with E-state index < -0.39 is 17.0 Å². The molecule has 8 heteroatoms. The Morgan fingerprint density at radius 3 is 2.33 bits per heavy atom. The molecule has 2 aromatic carbocycles. The molecular formula is C22H26N2O6. The molecule has 0 aromatic heterocycles. The van der Waals surface area contributed by atoms with Crippen molar-refractivity contribution in [1.29, 1.82) is 0 Å². The summed E-state index contributed by atoms with van der Waals surface area (Å²) in [5.41, 5.74) is 0.133. The van der Waals surface area contributed by atoms with Gasteiger partial charge in [0.2, 0.25) is 0 Å². The number of non-ortho nitro benzene ring substituents is 1. The van der Waals surface area contributed by atoms with E-state index in [0.717, 1.165) is 0 Å². The van der Waals surface area contributed by atoms with Gasteiger partial charge < -0.3 is 19.5 Å². The van der Waals surface area contributed by atoms with Crippen LogP contribution in [0, 0.1) is 10.1 Å². The Balaban J connectivity index is 2.05. The first-order valence-electron chi connectivity index (χ1n) is 9.55. The molecule has 2 aromatic rings. The zero-order valence-corrected chi connectivity index (χ0v) is 17.1. The summed E-state index contributed by atoms with van der Waals surface area (Å²) in [6.45, 7) is 8.42. The van der Waals surface area contributed by atoms with Crippen molar-refractivity contribution in [2.45, 2.75) is 26.0 Å². The number of carbonyl (C=O) groups excluding carboxylic acids is 1. The predicted molar refractivity (Wildman–Crippen MR) is 113 cm³/mol. The SMILES string of the molecule is C=CCOc1ccccc1OCC(CNC(C)C)OC(=O)c1ccc([N+](=O)[O-])cc1. The highest BCUT2D eigenvalue weighted by atomic mass is 16.6. The third kappa shape index (κ3) is 7.21. The molecule has 0 aliphatic heterocycles. The van der Waals surface area contributed by atoms with Gasteiger partial charge in [0, 0.05) is 24.7 Å². The summed E-state index contributed by atoms with van der Waals surface area (Å²) >= 11 is 0. The van der Waals surface area contributed by atoms with Crippen molar-refractivity contribution in [2.24, 2.45) is 0 Å². The number of hydrogen-bond acceptors (Lipinski definition) is 7. The Kier molecular flexibility index (Phi) is 8.83. The number of nitro benzene ring substituents is 1. The minimum Gasteiger partial charge on any atom is -0.486 e. The number of carbonyl (C=O) groups is 1. The number of hydrogen-bond donors (Lipinski definition) is 1. The van der Waals surface area contributed by atoms with Crippen LogP contribution in [0.5, 0.6) is 11.5 Å². The van der Waals surface area contributed by atoms with Gasteiger partial charge in [-0.15, -0.1) is 0 Å². The largest absolute Gasteiger partial charge is 0.486 e. The first-order chi connectivity index (χ1) is 14.4. The lowest BCUT2D eigenvalue weighted by molar-refractivity contribution is -0.384. The van der Waals surface area contributed by atoms with Crippen molar-refractivity contribution in [3.05, 3.63) is 76.9 Å². The van der Waals surface area contributed by atoms with E-state index in [0.29, 0.717) is 24.7 Å². The molecular weight excluding hydrogens is 388 g/mol. The molecule has 30 heavy (non-hydrogen) atoms. The van der Waals surface area contributed by atoms with E-state index in [2.05, 4.69) is 11.9 Å². The lowest BCUT2D eigenvalue weighted by Gasteiger charge is -2.21. The predicted octanol–water partition coefficient (Wildman–Crippen LogP) is 3.76. The van der Waals surface area contributed by atoms with Gasteiger partial charge in [-0.1, -0.05) is 38.6 Å². The highest BCUT2D eigenvalue weighted by Crippen LogP contribution is 2.26. The van der Waals surface area contributed by atoms with E-state index in [9.17, 15) is 14.9 Å². The maximum atomic E-state index is 12.5. The molecule has 0 saturated heterocycles. The monoisotopic (exact) mass is 414 g/mol. The van der Waals surface area contributed by atoms with Crippen LogP contribution in [0.2, 0.25) is 0 Å². The Labute approximate surface area is 175 Å². The van der Waals surface area contributed by atoms with Crippen molar-refractivity contribution in [3.8, 4) is 11.5 Å². The van der Waals surface area contributed by atoms with E-state index in [1.807, 2.05) is 26.0 Å². The molecule has 1 unspecified atom stereocenters. The van der Waals surface area contributed by atoms with Gasteiger partial charge in [-0.3, -0.25) is 10.1 Å². The van der Waals surface area contributed by atoms with Crippen molar-refractivity contribution < 1.29 is 23.9 Å². The highest BCUT2D eigenvalue weighted by Gasteiger charge is 2.19. The second-order valence-electron chi connectivity index (χ2n) is 6.75. The summed E-state index contributed by atoms with van der Waals surface area (Å²) in [6, 6.07) is 12.7. The average molecular weight is 414 g/mol. The van der Waals surface area contributed by atoms with Gasteiger partial charge in [0.05, 0.1) is 10.5 Å². The summed E-state index contributed by atoms with van der Waals surface area (Å²) in [6.07, 6.45) is 1.06. The summed E-state index contributed by atoms with van der Waals surface area (Å²) in [5.74, 6) is 0.509. The van der Waals surface area contributed by atoms with Crippen LogP contribution in [-0.2, 0) is 4.74 Å². The number of benzene rings is 2. The van der Waals surface area contributed by atoms with E-state index in [-0.39, 0.29) is 23.9 Å².